The Morgan fingerprint density at radius 2 is 0.695 bits per heavy atom. The van der Waals surface area contributed by atoms with Crippen LogP contribution in [0.1, 0.15) is 0 Å². The molecule has 0 radical (unpaired) electrons. The molecule has 11 rings (SSSR count). The predicted molar refractivity (Wildman–Crippen MR) is 244 cm³/mol. The van der Waals surface area contributed by atoms with Crippen molar-refractivity contribution < 1.29 is 0 Å². The van der Waals surface area contributed by atoms with Crippen molar-refractivity contribution >= 4 is 42.8 Å². The smallest absolute Gasteiger partial charge is 0.164 e. The highest BCUT2D eigenvalue weighted by molar-refractivity contribution is 7.25. The van der Waals surface area contributed by atoms with Gasteiger partial charge in [-0.2, -0.15) is 0 Å². The van der Waals surface area contributed by atoms with Crippen molar-refractivity contribution in [1.29, 1.82) is 0 Å². The van der Waals surface area contributed by atoms with Crippen molar-refractivity contribution in [2.75, 3.05) is 0 Å². The van der Waals surface area contributed by atoms with Gasteiger partial charge in [-0.05, 0) is 80.9 Å². The maximum atomic E-state index is 5.10. The number of fused-ring (bicyclic) bond motifs is 4. The first-order valence-electron chi connectivity index (χ1n) is 19.6. The number of thiophene rings is 1. The second-order valence-electron chi connectivity index (χ2n) is 14.5. The van der Waals surface area contributed by atoms with Crippen molar-refractivity contribution in [2.45, 2.75) is 0 Å². The monoisotopic (exact) mass is 771 g/mol. The number of rotatable bonds is 7. The molecule has 3 aromatic heterocycles. The minimum atomic E-state index is 0.625. The van der Waals surface area contributed by atoms with E-state index in [1.165, 1.54) is 10.3 Å². The average molecular weight is 772 g/mol. The summed E-state index contributed by atoms with van der Waals surface area (Å²) >= 11 is 1.69. The zero-order valence-electron chi connectivity index (χ0n) is 31.7. The molecule has 8 aromatic carbocycles. The van der Waals surface area contributed by atoms with Gasteiger partial charge < -0.3 is 0 Å². The first-order valence-corrected chi connectivity index (χ1v) is 20.4. The molecular weight excluding hydrogens is 739 g/mol. The molecule has 0 unspecified atom stereocenters. The van der Waals surface area contributed by atoms with Crippen LogP contribution in [0.5, 0.6) is 0 Å². The summed E-state index contributed by atoms with van der Waals surface area (Å²) in [6, 6.07) is 69.6. The molecule has 0 spiro atoms. The summed E-state index contributed by atoms with van der Waals surface area (Å²) in [6.45, 7) is 0. The summed E-state index contributed by atoms with van der Waals surface area (Å²) in [7, 11) is 0. The molecule has 0 atom stereocenters. The lowest BCUT2D eigenvalue weighted by molar-refractivity contribution is 1.07. The van der Waals surface area contributed by atoms with Crippen LogP contribution < -0.4 is 0 Å². The lowest BCUT2D eigenvalue weighted by Gasteiger charge is -2.11. The highest BCUT2D eigenvalue weighted by Crippen LogP contribution is 2.35. The number of aromatic nitrogens is 5. The Hall–Kier alpha value is -7.67. The quantitative estimate of drug-likeness (QED) is 0.161. The molecule has 276 valence electrons. The molecule has 0 N–H and O–H groups in total. The van der Waals surface area contributed by atoms with E-state index in [0.717, 1.165) is 82.4 Å². The van der Waals surface area contributed by atoms with Crippen molar-refractivity contribution in [3.63, 3.8) is 0 Å². The van der Waals surface area contributed by atoms with Gasteiger partial charge in [0.1, 0.15) is 10.3 Å². The summed E-state index contributed by atoms with van der Waals surface area (Å²) in [5, 5.41) is 1.15. The Balaban J connectivity index is 0.925. The fourth-order valence-corrected chi connectivity index (χ4v) is 8.73. The van der Waals surface area contributed by atoms with E-state index < -0.39 is 0 Å². The number of benzene rings is 8. The zero-order valence-corrected chi connectivity index (χ0v) is 32.5. The van der Waals surface area contributed by atoms with Crippen LogP contribution in [0.3, 0.4) is 0 Å². The lowest BCUT2D eigenvalue weighted by Crippen LogP contribution is -2.00. The second kappa shape index (κ2) is 14.7. The molecular formula is C53H33N5S. The Morgan fingerprint density at radius 3 is 1.32 bits per heavy atom. The van der Waals surface area contributed by atoms with E-state index in [1.807, 2.05) is 36.4 Å². The Morgan fingerprint density at radius 1 is 0.271 bits per heavy atom. The van der Waals surface area contributed by atoms with E-state index >= 15 is 0 Å². The van der Waals surface area contributed by atoms with E-state index in [1.54, 1.807) is 11.3 Å². The molecule has 6 heteroatoms. The molecule has 0 aliphatic rings. The van der Waals surface area contributed by atoms with Gasteiger partial charge in [0, 0.05) is 26.8 Å². The van der Waals surface area contributed by atoms with Crippen molar-refractivity contribution in [3.8, 4) is 78.7 Å². The molecule has 0 aliphatic carbocycles. The third kappa shape index (κ3) is 6.71. The standard InChI is InChI=1S/C53H33N5S/c1-3-12-34(13-4-1)35-24-26-37(27-25-35)51-56-50(36-14-5-2-6-15-36)57-52(58-51)44-21-11-20-42(32-44)40-18-9-16-38(30-40)39-17-10-19-41(31-39)43-28-29-46-47(33-43)54-49-45-22-7-8-23-48(45)59-53(49)55-46/h1-33H. The van der Waals surface area contributed by atoms with E-state index in [4.69, 9.17) is 24.9 Å². The van der Waals surface area contributed by atoms with Crippen LogP contribution >= 0.6 is 11.3 Å². The minimum absolute atomic E-state index is 0.625. The first-order chi connectivity index (χ1) is 29.2. The Kier molecular flexibility index (Phi) is 8.60. The average Bonchev–Trinajstić information content (AvgIpc) is 3.68. The van der Waals surface area contributed by atoms with E-state index in [0.29, 0.717) is 17.5 Å². The number of hydrogen-bond donors (Lipinski definition) is 0. The Labute approximate surface area is 345 Å². The van der Waals surface area contributed by atoms with Gasteiger partial charge in [-0.25, -0.2) is 24.9 Å². The van der Waals surface area contributed by atoms with Crippen LogP contribution in [0.25, 0.3) is 110 Å². The van der Waals surface area contributed by atoms with Crippen molar-refractivity contribution in [1.82, 2.24) is 24.9 Å². The van der Waals surface area contributed by atoms with Gasteiger partial charge in [-0.3, -0.25) is 0 Å². The third-order valence-corrected chi connectivity index (χ3v) is 11.8. The Bertz CT molecular complexity index is 3320. The first kappa shape index (κ1) is 34.6. The van der Waals surface area contributed by atoms with Crippen LogP contribution in [-0.4, -0.2) is 24.9 Å². The van der Waals surface area contributed by atoms with Gasteiger partial charge in [0.15, 0.2) is 17.5 Å². The minimum Gasteiger partial charge on any atom is -0.243 e. The second-order valence-corrected chi connectivity index (χ2v) is 15.6. The van der Waals surface area contributed by atoms with Crippen molar-refractivity contribution in [2.24, 2.45) is 0 Å². The van der Waals surface area contributed by atoms with Gasteiger partial charge in [-0.15, -0.1) is 11.3 Å². The number of hydrogen-bond acceptors (Lipinski definition) is 6. The maximum absolute atomic E-state index is 5.10. The highest BCUT2D eigenvalue weighted by atomic mass is 32.1. The van der Waals surface area contributed by atoms with Crippen LogP contribution in [0, 0.1) is 0 Å². The van der Waals surface area contributed by atoms with Gasteiger partial charge in [0.2, 0.25) is 0 Å². The molecule has 59 heavy (non-hydrogen) atoms. The normalized spacial score (nSPS) is 11.4. The fraction of sp³-hybridized carbons (Fsp3) is 0. The van der Waals surface area contributed by atoms with Crippen molar-refractivity contribution in [3.05, 3.63) is 200 Å². The third-order valence-electron chi connectivity index (χ3n) is 10.7. The van der Waals surface area contributed by atoms with Gasteiger partial charge in [-0.1, -0.05) is 164 Å². The molecule has 3 heterocycles. The zero-order chi connectivity index (χ0) is 39.1. The summed E-state index contributed by atoms with van der Waals surface area (Å²) in [5.74, 6) is 1.89. The van der Waals surface area contributed by atoms with Crippen LogP contribution in [0.2, 0.25) is 0 Å². The van der Waals surface area contributed by atoms with Crippen LogP contribution in [0.4, 0.5) is 0 Å². The molecule has 0 fully saturated rings. The van der Waals surface area contributed by atoms with E-state index in [2.05, 4.69) is 164 Å². The molecule has 11 aromatic rings. The van der Waals surface area contributed by atoms with Crippen LogP contribution in [-0.2, 0) is 0 Å². The molecule has 5 nitrogen and oxygen atoms in total. The maximum Gasteiger partial charge on any atom is 0.164 e. The van der Waals surface area contributed by atoms with Gasteiger partial charge in [0.05, 0.1) is 11.0 Å². The number of nitrogens with zero attached hydrogens (tertiary/aromatic N) is 5. The summed E-state index contributed by atoms with van der Waals surface area (Å²) in [5.41, 5.74) is 14.6. The largest absolute Gasteiger partial charge is 0.243 e. The highest BCUT2D eigenvalue weighted by Gasteiger charge is 2.15. The summed E-state index contributed by atoms with van der Waals surface area (Å²) < 4.78 is 1.21. The summed E-state index contributed by atoms with van der Waals surface area (Å²) in [6.07, 6.45) is 0. The van der Waals surface area contributed by atoms with E-state index in [9.17, 15) is 0 Å². The SMILES string of the molecule is c1ccc(-c2ccc(-c3nc(-c4ccccc4)nc(-c4cccc(-c5cccc(-c6cccc(-c7ccc8nc9sc%10ccccc%10c9nc8c7)c6)c5)c4)n3)cc2)cc1. The summed E-state index contributed by atoms with van der Waals surface area (Å²) in [4.78, 5) is 26.1. The molecule has 0 bridgehead atoms. The van der Waals surface area contributed by atoms with Crippen LogP contribution in [0.15, 0.2) is 200 Å². The predicted octanol–water partition coefficient (Wildman–Crippen LogP) is 13.9. The molecule has 0 saturated heterocycles. The molecule has 0 aliphatic heterocycles. The fourth-order valence-electron chi connectivity index (χ4n) is 7.71. The topological polar surface area (TPSA) is 64.5 Å². The lowest BCUT2D eigenvalue weighted by atomic mass is 9.95. The van der Waals surface area contributed by atoms with Gasteiger partial charge in [0.25, 0.3) is 0 Å². The molecule has 0 amide bonds. The van der Waals surface area contributed by atoms with E-state index in [-0.39, 0.29) is 0 Å². The van der Waals surface area contributed by atoms with Gasteiger partial charge >= 0.3 is 0 Å². The molecule has 0 saturated carbocycles.